The molecule has 20 heavy (non-hydrogen) atoms. The first-order chi connectivity index (χ1) is 9.65. The highest BCUT2D eigenvalue weighted by molar-refractivity contribution is 5.87. The predicted octanol–water partition coefficient (Wildman–Crippen LogP) is 1.24. The molecule has 1 aromatic carbocycles. The van der Waals surface area contributed by atoms with Gasteiger partial charge in [-0.05, 0) is 31.2 Å². The number of ether oxygens (including phenoxy) is 1. The number of aromatic nitrogens is 2. The van der Waals surface area contributed by atoms with Crippen molar-refractivity contribution in [2.45, 2.75) is 13.5 Å². The second-order valence-corrected chi connectivity index (χ2v) is 4.09. The van der Waals surface area contributed by atoms with Crippen LogP contribution in [0.25, 0.3) is 0 Å². The Balaban J connectivity index is 1.66. The van der Waals surface area contributed by atoms with E-state index in [0.29, 0.717) is 37.2 Å². The van der Waals surface area contributed by atoms with E-state index >= 15 is 0 Å². The zero-order valence-electron chi connectivity index (χ0n) is 11.0. The molecule has 0 saturated heterocycles. The van der Waals surface area contributed by atoms with Crippen molar-refractivity contribution in [3.8, 4) is 5.75 Å². The fourth-order valence-corrected chi connectivity index (χ4v) is 1.54. The second-order valence-electron chi connectivity index (χ2n) is 4.09. The van der Waals surface area contributed by atoms with Crippen LogP contribution in [0.4, 0.5) is 0 Å². The molecule has 0 amide bonds. The van der Waals surface area contributed by atoms with Gasteiger partial charge >= 0.3 is 5.97 Å². The number of carboxylic acid groups (broad SMARTS) is 1. The monoisotopic (exact) mass is 277 g/mol. The molecule has 106 valence electrons. The largest absolute Gasteiger partial charge is 0.492 e. The summed E-state index contributed by atoms with van der Waals surface area (Å²) in [5.74, 6) is 0.823. The third kappa shape index (κ3) is 4.06. The van der Waals surface area contributed by atoms with Gasteiger partial charge in [-0.25, -0.2) is 4.79 Å². The normalized spacial score (nSPS) is 10.4. The van der Waals surface area contributed by atoms with Gasteiger partial charge in [0.15, 0.2) is 5.82 Å². The fourth-order valence-electron chi connectivity index (χ4n) is 1.54. The molecule has 1 heterocycles. The standard InChI is InChI=1S/C13H15N3O4/c1-9-15-12(20-16-9)8-14-6-7-19-11-4-2-10(3-5-11)13(17)18/h2-5,14H,6-8H2,1H3,(H,17,18). The number of carbonyl (C=O) groups is 1. The van der Waals surface area contributed by atoms with E-state index in [-0.39, 0.29) is 5.56 Å². The Kier molecular flexibility index (Phi) is 4.67. The average molecular weight is 277 g/mol. The van der Waals surface area contributed by atoms with Crippen molar-refractivity contribution in [2.75, 3.05) is 13.2 Å². The summed E-state index contributed by atoms with van der Waals surface area (Å²) < 4.78 is 10.4. The van der Waals surface area contributed by atoms with Crippen LogP contribution in [0, 0.1) is 6.92 Å². The number of nitrogens with one attached hydrogen (secondary N) is 1. The molecular formula is C13H15N3O4. The van der Waals surface area contributed by atoms with Gasteiger partial charge in [-0.15, -0.1) is 0 Å². The molecule has 7 heteroatoms. The zero-order valence-corrected chi connectivity index (χ0v) is 11.0. The van der Waals surface area contributed by atoms with E-state index in [0.717, 1.165) is 0 Å². The van der Waals surface area contributed by atoms with Crippen molar-refractivity contribution in [2.24, 2.45) is 0 Å². The summed E-state index contributed by atoms with van der Waals surface area (Å²) in [6, 6.07) is 6.27. The fraction of sp³-hybridized carbons (Fsp3) is 0.308. The molecule has 0 atom stereocenters. The number of nitrogens with zero attached hydrogens (tertiary/aromatic N) is 2. The van der Waals surface area contributed by atoms with Crippen LogP contribution in [-0.4, -0.2) is 34.4 Å². The Morgan fingerprint density at radius 3 is 2.75 bits per heavy atom. The Labute approximate surface area is 115 Å². The maximum absolute atomic E-state index is 10.7. The minimum absolute atomic E-state index is 0.238. The summed E-state index contributed by atoms with van der Waals surface area (Å²) in [7, 11) is 0. The maximum atomic E-state index is 10.7. The highest BCUT2D eigenvalue weighted by Crippen LogP contribution is 2.11. The molecule has 1 aromatic heterocycles. The average Bonchev–Trinajstić information content (AvgIpc) is 2.84. The molecule has 2 N–H and O–H groups in total. The molecular weight excluding hydrogens is 262 g/mol. The molecule has 0 fully saturated rings. The minimum atomic E-state index is -0.951. The molecule has 0 unspecified atom stereocenters. The zero-order chi connectivity index (χ0) is 14.4. The summed E-state index contributed by atoms with van der Waals surface area (Å²) >= 11 is 0. The van der Waals surface area contributed by atoms with Crippen LogP contribution in [0.5, 0.6) is 5.75 Å². The molecule has 0 aliphatic carbocycles. The van der Waals surface area contributed by atoms with Crippen molar-refractivity contribution >= 4 is 5.97 Å². The number of aromatic carboxylic acids is 1. The van der Waals surface area contributed by atoms with Crippen molar-refractivity contribution in [1.82, 2.24) is 15.5 Å². The van der Waals surface area contributed by atoms with E-state index < -0.39 is 5.97 Å². The third-order valence-corrected chi connectivity index (χ3v) is 2.49. The van der Waals surface area contributed by atoms with E-state index in [4.69, 9.17) is 14.4 Å². The van der Waals surface area contributed by atoms with Gasteiger partial charge in [-0.3, -0.25) is 0 Å². The molecule has 0 aliphatic rings. The second kappa shape index (κ2) is 6.67. The van der Waals surface area contributed by atoms with Gasteiger partial charge in [0.05, 0.1) is 12.1 Å². The van der Waals surface area contributed by atoms with Crippen LogP contribution in [-0.2, 0) is 6.54 Å². The van der Waals surface area contributed by atoms with Crippen molar-refractivity contribution in [3.63, 3.8) is 0 Å². The van der Waals surface area contributed by atoms with Crippen molar-refractivity contribution in [1.29, 1.82) is 0 Å². The topological polar surface area (TPSA) is 97.5 Å². The van der Waals surface area contributed by atoms with Crippen molar-refractivity contribution in [3.05, 3.63) is 41.5 Å². The summed E-state index contributed by atoms with van der Waals surface area (Å²) in [4.78, 5) is 14.7. The molecule has 0 radical (unpaired) electrons. The highest BCUT2D eigenvalue weighted by atomic mass is 16.5. The van der Waals surface area contributed by atoms with E-state index in [2.05, 4.69) is 15.5 Å². The SMILES string of the molecule is Cc1noc(CNCCOc2ccc(C(=O)O)cc2)n1. The minimum Gasteiger partial charge on any atom is -0.492 e. The van der Waals surface area contributed by atoms with Gasteiger partial charge < -0.3 is 19.7 Å². The number of hydrogen-bond acceptors (Lipinski definition) is 6. The summed E-state index contributed by atoms with van der Waals surface area (Å²) in [5.41, 5.74) is 0.238. The van der Waals surface area contributed by atoms with Gasteiger partial charge in [0.25, 0.3) is 0 Å². The summed E-state index contributed by atoms with van der Waals surface area (Å²) in [5, 5.41) is 15.5. The first-order valence-corrected chi connectivity index (χ1v) is 6.11. The smallest absolute Gasteiger partial charge is 0.335 e. The number of carboxylic acids is 1. The molecule has 2 aromatic rings. The lowest BCUT2D eigenvalue weighted by atomic mass is 10.2. The number of hydrogen-bond donors (Lipinski definition) is 2. The Morgan fingerprint density at radius 2 is 2.15 bits per heavy atom. The molecule has 0 bridgehead atoms. The number of rotatable bonds is 7. The van der Waals surface area contributed by atoms with E-state index in [1.54, 1.807) is 19.1 Å². The van der Waals surface area contributed by atoms with Gasteiger partial charge in [0, 0.05) is 6.54 Å². The van der Waals surface area contributed by atoms with Gasteiger partial charge in [0.2, 0.25) is 5.89 Å². The molecule has 0 spiro atoms. The highest BCUT2D eigenvalue weighted by Gasteiger charge is 2.03. The van der Waals surface area contributed by atoms with E-state index in [9.17, 15) is 4.79 Å². The quantitative estimate of drug-likeness (QED) is 0.735. The van der Waals surface area contributed by atoms with Crippen molar-refractivity contribution < 1.29 is 19.2 Å². The van der Waals surface area contributed by atoms with Crippen LogP contribution >= 0.6 is 0 Å². The van der Waals surface area contributed by atoms with E-state index in [1.807, 2.05) is 0 Å². The molecule has 0 saturated carbocycles. The van der Waals surface area contributed by atoms with Crippen LogP contribution in [0.15, 0.2) is 28.8 Å². The first kappa shape index (κ1) is 14.0. The summed E-state index contributed by atoms with van der Waals surface area (Å²) in [6.45, 7) is 3.32. The predicted molar refractivity (Wildman–Crippen MR) is 69.6 cm³/mol. The van der Waals surface area contributed by atoms with Gasteiger partial charge in [0.1, 0.15) is 12.4 Å². The lowest BCUT2D eigenvalue weighted by Gasteiger charge is -2.06. The summed E-state index contributed by atoms with van der Waals surface area (Å²) in [6.07, 6.45) is 0. The van der Waals surface area contributed by atoms with Crippen LogP contribution < -0.4 is 10.1 Å². The lowest BCUT2D eigenvalue weighted by molar-refractivity contribution is 0.0697. The van der Waals surface area contributed by atoms with Gasteiger partial charge in [-0.2, -0.15) is 4.98 Å². The van der Waals surface area contributed by atoms with Crippen LogP contribution in [0.2, 0.25) is 0 Å². The first-order valence-electron chi connectivity index (χ1n) is 6.11. The maximum Gasteiger partial charge on any atom is 0.335 e. The van der Waals surface area contributed by atoms with Crippen LogP contribution in [0.3, 0.4) is 0 Å². The lowest BCUT2D eigenvalue weighted by Crippen LogP contribution is -2.20. The number of benzene rings is 1. The molecule has 2 rings (SSSR count). The molecule has 7 nitrogen and oxygen atoms in total. The van der Waals surface area contributed by atoms with Gasteiger partial charge in [-0.1, -0.05) is 5.16 Å². The Hall–Kier alpha value is -2.41. The van der Waals surface area contributed by atoms with E-state index in [1.165, 1.54) is 12.1 Å². The number of aryl methyl sites for hydroxylation is 1. The third-order valence-electron chi connectivity index (χ3n) is 2.49. The molecule has 0 aliphatic heterocycles. The van der Waals surface area contributed by atoms with Crippen LogP contribution in [0.1, 0.15) is 22.1 Å². The Morgan fingerprint density at radius 1 is 1.40 bits per heavy atom. The Bertz CT molecular complexity index is 565.